The van der Waals surface area contributed by atoms with Gasteiger partial charge in [-0.2, -0.15) is 0 Å². The lowest BCUT2D eigenvalue weighted by atomic mass is 10.0. The van der Waals surface area contributed by atoms with Crippen LogP contribution in [0.5, 0.6) is 0 Å². The Morgan fingerprint density at radius 3 is 2.62 bits per heavy atom. The maximum Gasteiger partial charge on any atom is 0.228 e. The molecule has 6 heteroatoms. The lowest BCUT2D eigenvalue weighted by Gasteiger charge is -2.32. The van der Waals surface area contributed by atoms with Gasteiger partial charge in [-0.3, -0.25) is 9.59 Å². The van der Waals surface area contributed by atoms with E-state index in [1.807, 2.05) is 36.1 Å². The molecule has 5 nitrogen and oxygen atoms in total. The molecule has 3 rings (SSSR count). The van der Waals surface area contributed by atoms with E-state index >= 15 is 0 Å². The molecular weight excluding hydrogens is 326 g/mol. The van der Waals surface area contributed by atoms with Crippen molar-refractivity contribution in [3.05, 3.63) is 35.4 Å². The molecule has 0 bridgehead atoms. The molecular formula is C18H26ClN3O2. The molecule has 2 aliphatic rings. The first-order valence-electron chi connectivity index (χ1n) is 8.40. The number of likely N-dealkylation sites (tertiary alicyclic amines) is 2. The van der Waals surface area contributed by atoms with Gasteiger partial charge in [0.15, 0.2) is 0 Å². The lowest BCUT2D eigenvalue weighted by molar-refractivity contribution is -0.137. The minimum absolute atomic E-state index is 0. The van der Waals surface area contributed by atoms with Crippen molar-refractivity contribution in [2.75, 3.05) is 19.6 Å². The van der Waals surface area contributed by atoms with Crippen LogP contribution in [0.1, 0.15) is 30.4 Å². The number of nitrogens with two attached hydrogens (primary N) is 1. The summed E-state index contributed by atoms with van der Waals surface area (Å²) < 4.78 is 0. The number of amides is 2. The molecule has 2 fully saturated rings. The summed E-state index contributed by atoms with van der Waals surface area (Å²) >= 11 is 0. The van der Waals surface area contributed by atoms with E-state index in [4.69, 9.17) is 5.73 Å². The molecule has 0 aliphatic carbocycles. The fourth-order valence-electron chi connectivity index (χ4n) is 3.47. The van der Waals surface area contributed by atoms with E-state index in [0.717, 1.165) is 24.9 Å². The Morgan fingerprint density at radius 2 is 1.96 bits per heavy atom. The van der Waals surface area contributed by atoms with Gasteiger partial charge in [0, 0.05) is 38.6 Å². The Morgan fingerprint density at radius 1 is 1.25 bits per heavy atom. The zero-order chi connectivity index (χ0) is 16.4. The highest BCUT2D eigenvalue weighted by atomic mass is 35.5. The normalized spacial score (nSPS) is 24.0. The number of hydrogen-bond acceptors (Lipinski definition) is 3. The summed E-state index contributed by atoms with van der Waals surface area (Å²) in [7, 11) is 0. The molecule has 1 aromatic carbocycles. The number of piperidine rings is 1. The van der Waals surface area contributed by atoms with E-state index in [-0.39, 0.29) is 36.2 Å². The molecule has 2 saturated heterocycles. The van der Waals surface area contributed by atoms with E-state index in [2.05, 4.69) is 0 Å². The van der Waals surface area contributed by atoms with Crippen molar-refractivity contribution in [3.8, 4) is 0 Å². The number of benzene rings is 1. The number of rotatable bonds is 3. The lowest BCUT2D eigenvalue weighted by Crippen LogP contribution is -2.48. The Balaban J connectivity index is 0.00000208. The van der Waals surface area contributed by atoms with E-state index in [1.165, 1.54) is 5.56 Å². The van der Waals surface area contributed by atoms with Gasteiger partial charge in [-0.25, -0.2) is 0 Å². The van der Waals surface area contributed by atoms with Gasteiger partial charge < -0.3 is 15.5 Å². The van der Waals surface area contributed by atoms with Crippen LogP contribution in [0.15, 0.2) is 24.3 Å². The van der Waals surface area contributed by atoms with Gasteiger partial charge in [-0.05, 0) is 25.3 Å². The summed E-state index contributed by atoms with van der Waals surface area (Å²) in [6.45, 7) is 4.55. The van der Waals surface area contributed by atoms with Crippen LogP contribution in [0.2, 0.25) is 0 Å². The monoisotopic (exact) mass is 351 g/mol. The third kappa shape index (κ3) is 4.28. The highest BCUT2D eigenvalue weighted by molar-refractivity contribution is 5.89. The number of nitrogens with zero attached hydrogens (tertiary/aromatic N) is 2. The molecule has 2 unspecified atom stereocenters. The van der Waals surface area contributed by atoms with Crippen molar-refractivity contribution < 1.29 is 9.59 Å². The van der Waals surface area contributed by atoms with Gasteiger partial charge in [0.2, 0.25) is 11.8 Å². The average molecular weight is 352 g/mol. The van der Waals surface area contributed by atoms with Crippen molar-refractivity contribution in [3.63, 3.8) is 0 Å². The number of carbonyl (C=O) groups is 2. The minimum Gasteiger partial charge on any atom is -0.341 e. The quantitative estimate of drug-likeness (QED) is 0.901. The van der Waals surface area contributed by atoms with E-state index in [1.54, 1.807) is 4.90 Å². The minimum atomic E-state index is -0.210. The van der Waals surface area contributed by atoms with Gasteiger partial charge in [-0.15, -0.1) is 12.4 Å². The van der Waals surface area contributed by atoms with Crippen molar-refractivity contribution in [2.45, 2.75) is 38.8 Å². The molecule has 2 heterocycles. The molecule has 24 heavy (non-hydrogen) atoms. The highest BCUT2D eigenvalue weighted by Crippen LogP contribution is 2.23. The summed E-state index contributed by atoms with van der Waals surface area (Å²) in [4.78, 5) is 28.5. The van der Waals surface area contributed by atoms with Crippen LogP contribution in [0.3, 0.4) is 0 Å². The van der Waals surface area contributed by atoms with Crippen molar-refractivity contribution in [2.24, 2.45) is 11.7 Å². The first-order chi connectivity index (χ1) is 11.0. The Hall–Kier alpha value is -1.59. The molecule has 0 radical (unpaired) electrons. The molecule has 2 atom stereocenters. The standard InChI is InChI=1S/C18H25N3O2.ClH/c1-13-4-6-14(7-5-13)10-21-11-15(9-17(21)22)18(23)20-8-2-3-16(19)12-20;/h4-7,15-16H,2-3,8-12,19H2,1H3;1H. The third-order valence-corrected chi connectivity index (χ3v) is 4.83. The molecule has 0 aromatic heterocycles. The van der Waals surface area contributed by atoms with E-state index in [0.29, 0.717) is 26.1 Å². The van der Waals surface area contributed by atoms with E-state index in [9.17, 15) is 9.59 Å². The highest BCUT2D eigenvalue weighted by Gasteiger charge is 2.37. The van der Waals surface area contributed by atoms with Crippen molar-refractivity contribution in [1.82, 2.24) is 9.80 Å². The predicted molar refractivity (Wildman–Crippen MR) is 95.7 cm³/mol. The summed E-state index contributed by atoms with van der Waals surface area (Å²) in [5.41, 5.74) is 8.27. The Kier molecular flexibility index (Phi) is 6.24. The second-order valence-electron chi connectivity index (χ2n) is 6.85. The zero-order valence-electron chi connectivity index (χ0n) is 14.1. The largest absolute Gasteiger partial charge is 0.341 e. The van der Waals surface area contributed by atoms with Crippen LogP contribution in [0, 0.1) is 12.8 Å². The topological polar surface area (TPSA) is 66.6 Å². The van der Waals surface area contributed by atoms with Gasteiger partial charge in [0.1, 0.15) is 0 Å². The number of carbonyl (C=O) groups excluding carboxylic acids is 2. The van der Waals surface area contributed by atoms with Gasteiger partial charge in [0.25, 0.3) is 0 Å². The molecule has 0 saturated carbocycles. The van der Waals surface area contributed by atoms with Crippen LogP contribution in [0.25, 0.3) is 0 Å². The average Bonchev–Trinajstić information content (AvgIpc) is 2.90. The molecule has 0 spiro atoms. The fourth-order valence-corrected chi connectivity index (χ4v) is 3.47. The second-order valence-corrected chi connectivity index (χ2v) is 6.85. The third-order valence-electron chi connectivity index (χ3n) is 4.83. The number of aryl methyl sites for hydroxylation is 1. The molecule has 1 aromatic rings. The molecule has 2 aliphatic heterocycles. The van der Waals surface area contributed by atoms with Crippen molar-refractivity contribution in [1.29, 1.82) is 0 Å². The SMILES string of the molecule is Cc1ccc(CN2CC(C(=O)N3CCCC(N)C3)CC2=O)cc1.Cl. The van der Waals surface area contributed by atoms with Crippen LogP contribution in [-0.2, 0) is 16.1 Å². The summed E-state index contributed by atoms with van der Waals surface area (Å²) in [6, 6.07) is 8.26. The Bertz CT molecular complexity index is 590. The summed E-state index contributed by atoms with van der Waals surface area (Å²) in [5, 5.41) is 0. The van der Waals surface area contributed by atoms with Crippen molar-refractivity contribution >= 4 is 24.2 Å². The zero-order valence-corrected chi connectivity index (χ0v) is 14.9. The predicted octanol–water partition coefficient (Wildman–Crippen LogP) is 1.72. The van der Waals surface area contributed by atoms with E-state index < -0.39 is 0 Å². The van der Waals surface area contributed by atoms with Crippen LogP contribution >= 0.6 is 12.4 Å². The molecule has 2 N–H and O–H groups in total. The van der Waals surface area contributed by atoms with Crippen LogP contribution in [0.4, 0.5) is 0 Å². The molecule has 2 amide bonds. The number of hydrogen-bond donors (Lipinski definition) is 1. The second kappa shape index (κ2) is 7.99. The maximum atomic E-state index is 12.6. The molecule has 132 valence electrons. The summed E-state index contributed by atoms with van der Waals surface area (Å²) in [6.07, 6.45) is 2.27. The first-order valence-corrected chi connectivity index (χ1v) is 8.40. The first kappa shape index (κ1) is 18.7. The Labute approximate surface area is 149 Å². The maximum absolute atomic E-state index is 12.6. The van der Waals surface area contributed by atoms with Gasteiger partial charge >= 0.3 is 0 Å². The van der Waals surface area contributed by atoms with Gasteiger partial charge in [-0.1, -0.05) is 29.8 Å². The van der Waals surface area contributed by atoms with Gasteiger partial charge in [0.05, 0.1) is 5.92 Å². The number of halogens is 1. The summed E-state index contributed by atoms with van der Waals surface area (Å²) in [5.74, 6) is -0.0385. The van der Waals surface area contributed by atoms with Crippen LogP contribution in [-0.4, -0.2) is 47.3 Å². The fraction of sp³-hybridized carbons (Fsp3) is 0.556. The smallest absolute Gasteiger partial charge is 0.228 e. The van der Waals surface area contributed by atoms with Crippen LogP contribution < -0.4 is 5.73 Å².